The maximum Gasteiger partial charge on any atom is 0.413 e. The Labute approximate surface area is 231 Å². The predicted molar refractivity (Wildman–Crippen MR) is 141 cm³/mol. The Morgan fingerprint density at radius 1 is 1.18 bits per heavy atom. The van der Waals surface area contributed by atoms with Gasteiger partial charge in [-0.05, 0) is 37.5 Å². The van der Waals surface area contributed by atoms with Crippen LogP contribution < -0.4 is 5.32 Å². The molecule has 8 nitrogen and oxygen atoms in total. The van der Waals surface area contributed by atoms with Crippen LogP contribution >= 0.6 is 11.3 Å². The average molecular weight is 607 g/mol. The van der Waals surface area contributed by atoms with Crippen molar-refractivity contribution >= 4 is 48.8 Å². The molecule has 0 saturated carbocycles. The molecule has 2 atom stereocenters. The van der Waals surface area contributed by atoms with Gasteiger partial charge in [-0.1, -0.05) is 23.5 Å². The molecule has 4 rings (SSSR count). The second-order valence-corrected chi connectivity index (χ2v) is 13.0. The molecule has 1 amide bonds. The number of ether oxygens (including phenoxy) is 1. The van der Waals surface area contributed by atoms with Gasteiger partial charge in [-0.2, -0.15) is 13.2 Å². The van der Waals surface area contributed by atoms with Crippen LogP contribution in [0.5, 0.6) is 0 Å². The number of pyridine rings is 1. The first-order valence-corrected chi connectivity index (χ1v) is 14.8. The Bertz CT molecular complexity index is 1460. The van der Waals surface area contributed by atoms with Crippen LogP contribution in [-0.2, 0) is 19.4 Å². The molecule has 3 heterocycles. The Hall–Kier alpha value is -2.91. The molecule has 1 fully saturated rings. The summed E-state index contributed by atoms with van der Waals surface area (Å²) in [7, 11) is -1.10. The molecule has 40 heavy (non-hydrogen) atoms. The van der Waals surface area contributed by atoms with Crippen LogP contribution in [0.4, 0.5) is 33.3 Å². The third-order valence-corrected chi connectivity index (χ3v) is 9.39. The maximum absolute atomic E-state index is 14.2. The molecule has 1 N–H and O–H groups in total. The highest BCUT2D eigenvalue weighted by atomic mass is 32.2. The summed E-state index contributed by atoms with van der Waals surface area (Å²) in [6, 6.07) is 2.79. The zero-order valence-electron chi connectivity index (χ0n) is 21.7. The average Bonchev–Trinajstić information content (AvgIpc) is 3.25. The van der Waals surface area contributed by atoms with Gasteiger partial charge in [-0.3, -0.25) is 4.79 Å². The number of carbonyl (C=O) groups is 1. The molecule has 1 aliphatic rings. The monoisotopic (exact) mass is 606 g/mol. The van der Waals surface area contributed by atoms with Gasteiger partial charge in [-0.15, -0.1) is 0 Å². The lowest BCUT2D eigenvalue weighted by molar-refractivity contribution is -0.190. The van der Waals surface area contributed by atoms with Gasteiger partial charge in [0.15, 0.2) is 6.04 Å². The van der Waals surface area contributed by atoms with E-state index in [0.29, 0.717) is 14.7 Å². The first kappa shape index (κ1) is 30.1. The zero-order chi connectivity index (χ0) is 29.4. The number of hydrogen-bond donors (Lipinski definition) is 1. The molecule has 0 radical (unpaired) electrons. The molecular formula is C25H27F5N4O4S2. The van der Waals surface area contributed by atoms with Crippen molar-refractivity contribution < 1.29 is 39.9 Å². The van der Waals surface area contributed by atoms with E-state index in [4.69, 9.17) is 4.74 Å². The fraction of sp³-hybridized carbons (Fsp3) is 0.480. The number of methoxy groups -OCH3 is 1. The number of hydrogen-bond acceptors (Lipinski definition) is 8. The number of carbonyl (C=O) groups excluding carboxylic acids is 1. The van der Waals surface area contributed by atoms with Gasteiger partial charge < -0.3 is 15.0 Å². The van der Waals surface area contributed by atoms with E-state index >= 15 is 0 Å². The molecular weight excluding hydrogens is 579 g/mol. The number of amides is 1. The summed E-state index contributed by atoms with van der Waals surface area (Å²) < 4.78 is 98.5. The van der Waals surface area contributed by atoms with Gasteiger partial charge >= 0.3 is 6.18 Å². The van der Waals surface area contributed by atoms with E-state index < -0.39 is 46.4 Å². The number of sulfone groups is 1. The highest BCUT2D eigenvalue weighted by Crippen LogP contribution is 2.40. The lowest BCUT2D eigenvalue weighted by Gasteiger charge is -2.34. The van der Waals surface area contributed by atoms with E-state index in [2.05, 4.69) is 15.3 Å². The molecule has 1 unspecified atom stereocenters. The van der Waals surface area contributed by atoms with Crippen LogP contribution in [0.25, 0.3) is 10.3 Å². The Balaban J connectivity index is 1.61. The molecule has 2 aromatic heterocycles. The molecule has 0 bridgehead atoms. The minimum absolute atomic E-state index is 0.0285. The summed E-state index contributed by atoms with van der Waals surface area (Å²) in [5.74, 6) is -2.09. The van der Waals surface area contributed by atoms with Gasteiger partial charge in [0.25, 0.3) is 6.43 Å². The first-order valence-electron chi connectivity index (χ1n) is 12.2. The molecule has 1 aliphatic heterocycles. The maximum atomic E-state index is 14.2. The van der Waals surface area contributed by atoms with Crippen molar-refractivity contribution in [1.82, 2.24) is 14.9 Å². The number of aromatic nitrogens is 2. The van der Waals surface area contributed by atoms with Crippen molar-refractivity contribution in [3.8, 4) is 0 Å². The van der Waals surface area contributed by atoms with Crippen molar-refractivity contribution in [3.63, 3.8) is 0 Å². The molecule has 15 heteroatoms. The van der Waals surface area contributed by atoms with Gasteiger partial charge in [-0.25, -0.2) is 27.2 Å². The topological polar surface area (TPSA) is 101 Å². The van der Waals surface area contributed by atoms with Crippen molar-refractivity contribution in [2.75, 3.05) is 31.0 Å². The van der Waals surface area contributed by atoms with Crippen molar-refractivity contribution in [1.29, 1.82) is 0 Å². The molecule has 1 saturated heterocycles. The number of benzene rings is 1. The smallest absolute Gasteiger partial charge is 0.371 e. The second kappa shape index (κ2) is 11.5. The molecule has 0 spiro atoms. The number of halogens is 5. The van der Waals surface area contributed by atoms with Gasteiger partial charge in [0, 0.05) is 31.3 Å². The van der Waals surface area contributed by atoms with Crippen LogP contribution in [0.1, 0.15) is 41.1 Å². The minimum Gasteiger partial charge on any atom is -0.371 e. The number of rotatable bonds is 8. The lowest BCUT2D eigenvalue weighted by Crippen LogP contribution is -2.44. The number of fused-ring (bicyclic) bond motifs is 1. The SMILES string of the molecule is COC(c1c(Nc2ccc([C@H](N(C)C(=O)C3CCS(=O)(=O)CC3)C(F)(F)F)cc2)cnc2sc(C)nc12)C(F)F. The largest absolute Gasteiger partial charge is 0.413 e. The van der Waals surface area contributed by atoms with Crippen LogP contribution in [-0.4, -0.2) is 67.5 Å². The molecule has 1 aromatic carbocycles. The number of aryl methyl sites for hydroxylation is 1. The van der Waals surface area contributed by atoms with Crippen LogP contribution in [0.2, 0.25) is 0 Å². The summed E-state index contributed by atoms with van der Waals surface area (Å²) in [6.07, 6.45) is -8.04. The fourth-order valence-electron chi connectivity index (χ4n) is 4.82. The van der Waals surface area contributed by atoms with Crippen LogP contribution in [0, 0.1) is 12.8 Å². The standard InChI is InChI=1S/C25H27F5N4O4S2/c1-13-32-19-18(20(38-3)22(26)27)17(12-31-23(19)39-13)33-16-6-4-14(5-7-16)21(25(28,29)30)34(2)24(35)15-8-10-40(36,37)11-9-15/h4-7,12,15,20-22,33H,8-11H2,1-3H3/t20?,21-/m0/s1. The molecule has 218 valence electrons. The summed E-state index contributed by atoms with van der Waals surface area (Å²) in [4.78, 5) is 22.5. The Kier molecular flexibility index (Phi) is 8.66. The van der Waals surface area contributed by atoms with Crippen molar-refractivity contribution in [2.24, 2.45) is 5.92 Å². The molecule has 3 aromatic rings. The lowest BCUT2D eigenvalue weighted by atomic mass is 9.98. The third-order valence-electron chi connectivity index (χ3n) is 6.79. The highest BCUT2D eigenvalue weighted by Gasteiger charge is 2.46. The zero-order valence-corrected chi connectivity index (χ0v) is 23.3. The van der Waals surface area contributed by atoms with Crippen molar-refractivity contribution in [3.05, 3.63) is 46.6 Å². The summed E-state index contributed by atoms with van der Waals surface area (Å²) in [5, 5.41) is 3.54. The normalized spacial score (nSPS) is 17.6. The number of thiazole rings is 1. The van der Waals surface area contributed by atoms with Crippen LogP contribution in [0.15, 0.2) is 30.5 Å². The van der Waals surface area contributed by atoms with E-state index in [0.717, 1.165) is 14.2 Å². The minimum atomic E-state index is -4.81. The van der Waals surface area contributed by atoms with E-state index in [1.54, 1.807) is 6.92 Å². The van der Waals surface area contributed by atoms with E-state index in [1.165, 1.54) is 41.8 Å². The summed E-state index contributed by atoms with van der Waals surface area (Å²) >= 11 is 1.22. The number of alkyl halides is 5. The molecule has 0 aliphatic carbocycles. The summed E-state index contributed by atoms with van der Waals surface area (Å²) in [5.41, 5.74) is 0.538. The number of anilines is 2. The van der Waals surface area contributed by atoms with Gasteiger partial charge in [0.1, 0.15) is 26.3 Å². The first-order chi connectivity index (χ1) is 18.7. The Morgan fingerprint density at radius 2 is 1.80 bits per heavy atom. The number of nitrogens with zero attached hydrogens (tertiary/aromatic N) is 3. The van der Waals surface area contributed by atoms with E-state index in [1.807, 2.05) is 0 Å². The predicted octanol–water partition coefficient (Wildman–Crippen LogP) is 5.58. The van der Waals surface area contributed by atoms with Gasteiger partial charge in [0.05, 0.1) is 28.4 Å². The highest BCUT2D eigenvalue weighted by molar-refractivity contribution is 7.91. The van der Waals surface area contributed by atoms with E-state index in [9.17, 15) is 35.2 Å². The van der Waals surface area contributed by atoms with Crippen molar-refractivity contribution in [2.45, 2.75) is 44.5 Å². The van der Waals surface area contributed by atoms with E-state index in [-0.39, 0.29) is 52.4 Å². The van der Waals surface area contributed by atoms with Crippen LogP contribution in [0.3, 0.4) is 0 Å². The second-order valence-electron chi connectivity index (χ2n) is 9.53. The third kappa shape index (κ3) is 6.36. The fourth-order valence-corrected chi connectivity index (χ4v) is 7.09. The Morgan fingerprint density at radius 3 is 2.35 bits per heavy atom. The summed E-state index contributed by atoms with van der Waals surface area (Å²) in [6.45, 7) is 1.71. The quantitative estimate of drug-likeness (QED) is 0.334. The number of nitrogens with one attached hydrogen (secondary N) is 1. The van der Waals surface area contributed by atoms with Gasteiger partial charge in [0.2, 0.25) is 5.91 Å².